The first-order valence-electron chi connectivity index (χ1n) is 6.41. The molecule has 1 aromatic carbocycles. The van der Waals surface area contributed by atoms with Gasteiger partial charge in [-0.2, -0.15) is 0 Å². The van der Waals surface area contributed by atoms with Crippen molar-refractivity contribution in [3.05, 3.63) is 23.8 Å². The highest BCUT2D eigenvalue weighted by Crippen LogP contribution is 2.36. The van der Waals surface area contributed by atoms with E-state index in [0.29, 0.717) is 0 Å². The third kappa shape index (κ3) is 2.15. The van der Waals surface area contributed by atoms with Gasteiger partial charge in [0.15, 0.2) is 0 Å². The van der Waals surface area contributed by atoms with Gasteiger partial charge in [0.1, 0.15) is 0 Å². The van der Waals surface area contributed by atoms with Gasteiger partial charge in [0.25, 0.3) is 0 Å². The van der Waals surface area contributed by atoms with Gasteiger partial charge in [-0.05, 0) is 51.7 Å². The molecule has 0 amide bonds. The van der Waals surface area contributed by atoms with Crippen molar-refractivity contribution in [1.82, 2.24) is 0 Å². The van der Waals surface area contributed by atoms with Crippen LogP contribution in [0.15, 0.2) is 18.2 Å². The molecule has 1 N–H and O–H groups in total. The summed E-state index contributed by atoms with van der Waals surface area (Å²) in [7, 11) is 1.65. The molecule has 0 bridgehead atoms. The largest absolute Gasteiger partial charge is 0.494 e. The Kier molecular flexibility index (Phi) is 3.20. The summed E-state index contributed by atoms with van der Waals surface area (Å²) < 4.78 is 12.1. The summed E-state index contributed by atoms with van der Waals surface area (Å²) in [4.78, 5) is 0. The van der Waals surface area contributed by atoms with E-state index < -0.39 is 0 Å². The topological polar surface area (TPSA) is 30.5 Å². The van der Waals surface area contributed by atoms with Crippen LogP contribution in [0.2, 0.25) is 0 Å². The summed E-state index contributed by atoms with van der Waals surface area (Å²) in [5.41, 5.74) is 2.84. The van der Waals surface area contributed by atoms with Crippen LogP contribution in [0, 0.1) is 6.92 Å². The minimum atomic E-state index is -0.284. The molecule has 1 fully saturated rings. The van der Waals surface area contributed by atoms with E-state index in [1.165, 1.54) is 5.56 Å². The zero-order chi connectivity index (χ0) is 13.6. The van der Waals surface area contributed by atoms with Gasteiger partial charge in [-0.1, -0.05) is 12.1 Å². The summed E-state index contributed by atoms with van der Waals surface area (Å²) in [5, 5.41) is 3.16. The number of rotatable bonds is 2. The van der Waals surface area contributed by atoms with Crippen LogP contribution >= 0.6 is 0 Å². The molecule has 0 radical (unpaired) electrons. The highest BCUT2D eigenvalue weighted by atomic mass is 16.7. The van der Waals surface area contributed by atoms with Gasteiger partial charge in [-0.25, -0.2) is 0 Å². The lowest BCUT2D eigenvalue weighted by molar-refractivity contribution is 0.00578. The molecule has 0 atom stereocenters. The van der Waals surface area contributed by atoms with Crippen molar-refractivity contribution in [2.24, 2.45) is 0 Å². The third-order valence-corrected chi connectivity index (χ3v) is 4.05. The Hall–Kier alpha value is -0.995. The van der Waals surface area contributed by atoms with Crippen LogP contribution < -0.4 is 10.8 Å². The van der Waals surface area contributed by atoms with Crippen molar-refractivity contribution in [2.45, 2.75) is 45.8 Å². The first-order valence-corrected chi connectivity index (χ1v) is 6.41. The molecule has 1 heterocycles. The molecule has 18 heavy (non-hydrogen) atoms. The molecule has 1 aliphatic rings. The van der Waals surface area contributed by atoms with Crippen molar-refractivity contribution in [3.63, 3.8) is 0 Å². The van der Waals surface area contributed by atoms with E-state index in [9.17, 15) is 0 Å². The van der Waals surface area contributed by atoms with Gasteiger partial charge in [0.2, 0.25) is 0 Å². The second-order valence-electron chi connectivity index (χ2n) is 5.91. The predicted molar refractivity (Wildman–Crippen MR) is 76.4 cm³/mol. The molecule has 1 aliphatic heterocycles. The average molecular weight is 247 g/mol. The first-order chi connectivity index (χ1) is 8.27. The molecule has 1 saturated heterocycles. The molecular formula is C14H22BNO2. The van der Waals surface area contributed by atoms with E-state index in [1.807, 2.05) is 7.05 Å². The minimum absolute atomic E-state index is 0.278. The molecule has 0 unspecified atom stereocenters. The van der Waals surface area contributed by atoms with E-state index in [1.54, 1.807) is 0 Å². The Morgan fingerprint density at radius 1 is 1.06 bits per heavy atom. The average Bonchev–Trinajstić information content (AvgIpc) is 2.48. The van der Waals surface area contributed by atoms with Gasteiger partial charge in [-0.3, -0.25) is 0 Å². The van der Waals surface area contributed by atoms with Crippen molar-refractivity contribution in [2.75, 3.05) is 12.4 Å². The molecule has 4 heteroatoms. The third-order valence-electron chi connectivity index (χ3n) is 4.05. The molecule has 0 aromatic heterocycles. The van der Waals surface area contributed by atoms with Gasteiger partial charge < -0.3 is 14.6 Å². The maximum Gasteiger partial charge on any atom is 0.494 e. The van der Waals surface area contributed by atoms with Crippen molar-refractivity contribution < 1.29 is 9.31 Å². The Balaban J connectivity index is 2.27. The van der Waals surface area contributed by atoms with Crippen LogP contribution in [0.3, 0.4) is 0 Å². The smallest absolute Gasteiger partial charge is 0.399 e. The fraction of sp³-hybridized carbons (Fsp3) is 0.571. The molecule has 1 aromatic rings. The highest BCUT2D eigenvalue weighted by molar-refractivity contribution is 6.62. The molecule has 0 spiro atoms. The molecule has 0 saturated carbocycles. The lowest BCUT2D eigenvalue weighted by Gasteiger charge is -2.32. The minimum Gasteiger partial charge on any atom is -0.399 e. The fourth-order valence-corrected chi connectivity index (χ4v) is 2.09. The Labute approximate surface area is 110 Å². The molecule has 0 aliphatic carbocycles. The maximum atomic E-state index is 6.04. The zero-order valence-corrected chi connectivity index (χ0v) is 12.1. The van der Waals surface area contributed by atoms with E-state index in [4.69, 9.17) is 9.31 Å². The zero-order valence-electron chi connectivity index (χ0n) is 12.1. The normalized spacial score (nSPS) is 21.1. The highest BCUT2D eigenvalue weighted by Gasteiger charge is 2.51. The second-order valence-corrected chi connectivity index (χ2v) is 5.91. The summed E-state index contributed by atoms with van der Waals surface area (Å²) in [5.74, 6) is 0. The summed E-state index contributed by atoms with van der Waals surface area (Å²) in [6.45, 7) is 10.4. The maximum absolute atomic E-state index is 6.04. The van der Waals surface area contributed by atoms with E-state index in [-0.39, 0.29) is 18.3 Å². The van der Waals surface area contributed by atoms with Gasteiger partial charge in [0, 0.05) is 12.7 Å². The molecular weight excluding hydrogens is 225 g/mol. The fourth-order valence-electron chi connectivity index (χ4n) is 2.09. The molecule has 3 nitrogen and oxygen atoms in total. The standard InChI is InChI=1S/C14H22BNO2/c1-10-9-11(7-8-12(10)16-6)15-17-13(2,3)14(4,5)18-15/h7-9,16H,1-6H3. The van der Waals surface area contributed by atoms with E-state index in [2.05, 4.69) is 58.1 Å². The Morgan fingerprint density at radius 3 is 2.06 bits per heavy atom. The summed E-state index contributed by atoms with van der Waals surface area (Å²) in [6, 6.07) is 6.24. The number of aryl methyl sites for hydroxylation is 1. The molecule has 98 valence electrons. The number of nitrogens with one attached hydrogen (secondary N) is 1. The Bertz CT molecular complexity index is 441. The van der Waals surface area contributed by atoms with Crippen LogP contribution in [-0.2, 0) is 9.31 Å². The quantitative estimate of drug-likeness (QED) is 0.813. The van der Waals surface area contributed by atoms with E-state index in [0.717, 1.165) is 11.2 Å². The molecule has 2 rings (SSSR count). The summed E-state index contributed by atoms with van der Waals surface area (Å²) >= 11 is 0. The van der Waals surface area contributed by atoms with Crippen LogP contribution in [-0.4, -0.2) is 25.4 Å². The SMILES string of the molecule is CNc1ccc(B2OC(C)(C)C(C)(C)O2)cc1C. The van der Waals surface area contributed by atoms with Crippen LogP contribution in [0.4, 0.5) is 5.69 Å². The second kappa shape index (κ2) is 4.28. The van der Waals surface area contributed by atoms with Gasteiger partial charge in [0.05, 0.1) is 11.2 Å². The van der Waals surface area contributed by atoms with E-state index >= 15 is 0 Å². The number of hydrogen-bond donors (Lipinski definition) is 1. The van der Waals surface area contributed by atoms with Crippen LogP contribution in [0.5, 0.6) is 0 Å². The predicted octanol–water partition coefficient (Wildman–Crippen LogP) is 2.34. The number of benzene rings is 1. The first kappa shape index (κ1) is 13.4. The number of anilines is 1. The van der Waals surface area contributed by atoms with Gasteiger partial charge >= 0.3 is 7.12 Å². The van der Waals surface area contributed by atoms with Gasteiger partial charge in [-0.15, -0.1) is 0 Å². The number of hydrogen-bond acceptors (Lipinski definition) is 3. The van der Waals surface area contributed by atoms with Crippen molar-refractivity contribution >= 4 is 18.3 Å². The summed E-state index contributed by atoms with van der Waals surface area (Å²) in [6.07, 6.45) is 0. The van der Waals surface area contributed by atoms with Crippen LogP contribution in [0.25, 0.3) is 0 Å². The monoisotopic (exact) mass is 247 g/mol. The van der Waals surface area contributed by atoms with Crippen molar-refractivity contribution in [3.8, 4) is 0 Å². The Morgan fingerprint density at radius 2 is 1.61 bits per heavy atom. The lowest BCUT2D eigenvalue weighted by atomic mass is 9.78. The lowest BCUT2D eigenvalue weighted by Crippen LogP contribution is -2.41. The van der Waals surface area contributed by atoms with Crippen LogP contribution in [0.1, 0.15) is 33.3 Å². The van der Waals surface area contributed by atoms with Crippen molar-refractivity contribution in [1.29, 1.82) is 0 Å².